The maximum absolute atomic E-state index is 11.0. The normalized spacial score (nSPS) is 27.6. The number of pyridine rings is 1. The molecule has 1 saturated carbocycles. The van der Waals surface area contributed by atoms with Crippen LogP contribution in [0.5, 0.6) is 0 Å². The molecule has 0 bridgehead atoms. The van der Waals surface area contributed by atoms with Gasteiger partial charge < -0.3 is 9.84 Å². The van der Waals surface area contributed by atoms with Crippen molar-refractivity contribution in [1.82, 2.24) is 4.98 Å². The number of hydrogen-bond donors (Lipinski definition) is 1. The van der Waals surface area contributed by atoms with E-state index in [0.717, 1.165) is 42.0 Å². The van der Waals surface area contributed by atoms with E-state index in [1.54, 1.807) is 13.3 Å². The van der Waals surface area contributed by atoms with E-state index in [4.69, 9.17) is 4.74 Å². The summed E-state index contributed by atoms with van der Waals surface area (Å²) >= 11 is 0. The Kier molecular flexibility index (Phi) is 3.25. The summed E-state index contributed by atoms with van der Waals surface area (Å²) in [7, 11) is 1.75. The van der Waals surface area contributed by atoms with Crippen LogP contribution in [-0.2, 0) is 10.3 Å². The molecular formula is C16H19NO2. The molecule has 0 saturated heterocycles. The fourth-order valence-corrected chi connectivity index (χ4v) is 3.09. The first-order chi connectivity index (χ1) is 9.23. The van der Waals surface area contributed by atoms with Gasteiger partial charge in [-0.05, 0) is 42.7 Å². The summed E-state index contributed by atoms with van der Waals surface area (Å²) in [5.74, 6) is 0. The van der Waals surface area contributed by atoms with Gasteiger partial charge in [-0.1, -0.05) is 18.2 Å². The Bertz CT molecular complexity index is 568. The molecule has 0 amide bonds. The van der Waals surface area contributed by atoms with Crippen LogP contribution >= 0.6 is 0 Å². The van der Waals surface area contributed by atoms with Crippen molar-refractivity contribution in [3.63, 3.8) is 0 Å². The molecule has 0 unspecified atom stereocenters. The van der Waals surface area contributed by atoms with Crippen molar-refractivity contribution in [3.05, 3.63) is 42.2 Å². The molecule has 1 aromatic carbocycles. The van der Waals surface area contributed by atoms with E-state index in [1.165, 1.54) is 0 Å². The highest BCUT2D eigenvalue weighted by Crippen LogP contribution is 2.40. The maximum Gasteiger partial charge on any atom is 0.0905 e. The minimum atomic E-state index is -0.739. The van der Waals surface area contributed by atoms with E-state index < -0.39 is 5.60 Å². The van der Waals surface area contributed by atoms with Gasteiger partial charge in [0.15, 0.2) is 0 Å². The highest BCUT2D eigenvalue weighted by atomic mass is 16.5. The average molecular weight is 257 g/mol. The van der Waals surface area contributed by atoms with Gasteiger partial charge in [-0.3, -0.25) is 4.98 Å². The molecule has 1 aliphatic carbocycles. The predicted octanol–water partition coefficient (Wildman–Crippen LogP) is 3.01. The van der Waals surface area contributed by atoms with E-state index in [1.807, 2.05) is 24.4 Å². The lowest BCUT2D eigenvalue weighted by molar-refractivity contribution is -0.0465. The smallest absolute Gasteiger partial charge is 0.0905 e. The molecule has 100 valence electrons. The molecule has 1 heterocycles. The molecule has 1 fully saturated rings. The first-order valence-electron chi connectivity index (χ1n) is 6.81. The van der Waals surface area contributed by atoms with Crippen LogP contribution in [0.15, 0.2) is 36.7 Å². The monoisotopic (exact) mass is 257 g/mol. The van der Waals surface area contributed by atoms with Gasteiger partial charge in [0.1, 0.15) is 0 Å². The van der Waals surface area contributed by atoms with E-state index in [9.17, 15) is 5.11 Å². The van der Waals surface area contributed by atoms with Crippen molar-refractivity contribution in [2.24, 2.45) is 0 Å². The van der Waals surface area contributed by atoms with Gasteiger partial charge in [-0.15, -0.1) is 0 Å². The zero-order valence-electron chi connectivity index (χ0n) is 11.2. The number of fused-ring (bicyclic) bond motifs is 1. The number of benzene rings is 1. The minimum Gasteiger partial charge on any atom is -0.385 e. The largest absolute Gasteiger partial charge is 0.385 e. The second-order valence-corrected chi connectivity index (χ2v) is 5.37. The number of aliphatic hydroxyl groups is 1. The van der Waals surface area contributed by atoms with Crippen LogP contribution in [0.25, 0.3) is 10.8 Å². The van der Waals surface area contributed by atoms with Crippen molar-refractivity contribution in [2.45, 2.75) is 37.4 Å². The second-order valence-electron chi connectivity index (χ2n) is 5.37. The van der Waals surface area contributed by atoms with Crippen LogP contribution in [0.2, 0.25) is 0 Å². The number of rotatable bonds is 2. The van der Waals surface area contributed by atoms with Crippen molar-refractivity contribution >= 4 is 10.8 Å². The van der Waals surface area contributed by atoms with Crippen molar-refractivity contribution in [3.8, 4) is 0 Å². The van der Waals surface area contributed by atoms with Gasteiger partial charge in [-0.25, -0.2) is 0 Å². The number of methoxy groups -OCH3 is 1. The Morgan fingerprint density at radius 3 is 2.79 bits per heavy atom. The van der Waals surface area contributed by atoms with E-state index in [2.05, 4.69) is 11.1 Å². The molecule has 1 aromatic heterocycles. The first kappa shape index (κ1) is 12.6. The quantitative estimate of drug-likeness (QED) is 0.899. The van der Waals surface area contributed by atoms with Crippen LogP contribution in [0, 0.1) is 0 Å². The molecule has 3 rings (SSSR count). The third kappa shape index (κ3) is 2.24. The second kappa shape index (κ2) is 4.91. The topological polar surface area (TPSA) is 42.4 Å². The first-order valence-corrected chi connectivity index (χ1v) is 6.81. The number of nitrogens with zero attached hydrogens (tertiary/aromatic N) is 1. The minimum absolute atomic E-state index is 0.286. The molecule has 1 aliphatic rings. The average Bonchev–Trinajstić information content (AvgIpc) is 2.47. The Labute approximate surface area is 113 Å². The Morgan fingerprint density at radius 1 is 1.26 bits per heavy atom. The Hall–Kier alpha value is -1.45. The molecule has 0 radical (unpaired) electrons. The van der Waals surface area contributed by atoms with E-state index in [-0.39, 0.29) is 6.10 Å². The molecule has 3 nitrogen and oxygen atoms in total. The summed E-state index contributed by atoms with van der Waals surface area (Å²) in [5.41, 5.74) is 0.269. The number of hydrogen-bond acceptors (Lipinski definition) is 3. The molecule has 0 aliphatic heterocycles. The van der Waals surface area contributed by atoms with Gasteiger partial charge in [0.2, 0.25) is 0 Å². The standard InChI is InChI=1S/C16H19NO2/c1-19-13-5-8-16(18,9-6-13)15-4-2-3-12-7-10-17-11-14(12)15/h2-4,7,10-11,13,18H,5-6,8-9H2,1H3. The van der Waals surface area contributed by atoms with Crippen molar-refractivity contribution < 1.29 is 9.84 Å². The molecule has 1 N–H and O–H groups in total. The zero-order valence-corrected chi connectivity index (χ0v) is 11.2. The Balaban J connectivity index is 2.00. The zero-order chi connectivity index (χ0) is 13.3. The lowest BCUT2D eigenvalue weighted by Crippen LogP contribution is -2.34. The van der Waals surface area contributed by atoms with Gasteiger partial charge >= 0.3 is 0 Å². The lowest BCUT2D eigenvalue weighted by Gasteiger charge is -2.36. The summed E-state index contributed by atoms with van der Waals surface area (Å²) in [6, 6.07) is 8.09. The van der Waals surface area contributed by atoms with E-state index in [0.29, 0.717) is 0 Å². The fraction of sp³-hybridized carbons (Fsp3) is 0.438. The van der Waals surface area contributed by atoms with Gasteiger partial charge in [-0.2, -0.15) is 0 Å². The van der Waals surface area contributed by atoms with Crippen LogP contribution < -0.4 is 0 Å². The lowest BCUT2D eigenvalue weighted by atomic mass is 9.77. The van der Waals surface area contributed by atoms with Crippen LogP contribution in [0.1, 0.15) is 31.2 Å². The third-order valence-electron chi connectivity index (χ3n) is 4.28. The van der Waals surface area contributed by atoms with Crippen molar-refractivity contribution in [2.75, 3.05) is 7.11 Å². The van der Waals surface area contributed by atoms with E-state index >= 15 is 0 Å². The predicted molar refractivity (Wildman–Crippen MR) is 74.9 cm³/mol. The summed E-state index contributed by atoms with van der Waals surface area (Å²) < 4.78 is 5.38. The van der Waals surface area contributed by atoms with Crippen LogP contribution in [-0.4, -0.2) is 23.3 Å². The fourth-order valence-electron chi connectivity index (χ4n) is 3.09. The third-order valence-corrected chi connectivity index (χ3v) is 4.28. The summed E-state index contributed by atoms with van der Waals surface area (Å²) in [6.45, 7) is 0. The number of aromatic nitrogens is 1. The van der Waals surface area contributed by atoms with Gasteiger partial charge in [0.05, 0.1) is 11.7 Å². The highest BCUT2D eigenvalue weighted by Gasteiger charge is 2.35. The molecule has 2 aromatic rings. The van der Waals surface area contributed by atoms with Crippen molar-refractivity contribution in [1.29, 1.82) is 0 Å². The van der Waals surface area contributed by atoms with Gasteiger partial charge in [0.25, 0.3) is 0 Å². The Morgan fingerprint density at radius 2 is 2.05 bits per heavy atom. The molecular weight excluding hydrogens is 238 g/mol. The number of ether oxygens (including phenoxy) is 1. The summed E-state index contributed by atoms with van der Waals surface area (Å²) in [4.78, 5) is 4.19. The maximum atomic E-state index is 11.0. The molecule has 0 spiro atoms. The van der Waals surface area contributed by atoms with Crippen LogP contribution in [0.4, 0.5) is 0 Å². The SMILES string of the molecule is COC1CCC(O)(c2cccc3ccncc23)CC1. The van der Waals surface area contributed by atoms with Crippen LogP contribution in [0.3, 0.4) is 0 Å². The highest BCUT2D eigenvalue weighted by molar-refractivity contribution is 5.85. The molecule has 0 atom stereocenters. The summed E-state index contributed by atoms with van der Waals surface area (Å²) in [5, 5.41) is 13.2. The van der Waals surface area contributed by atoms with Gasteiger partial charge in [0, 0.05) is 24.9 Å². The molecule has 19 heavy (non-hydrogen) atoms. The molecule has 3 heteroatoms. The summed E-state index contributed by atoms with van der Waals surface area (Å²) in [6.07, 6.45) is 7.24.